The van der Waals surface area contributed by atoms with Crippen molar-refractivity contribution in [1.29, 1.82) is 0 Å². The highest BCUT2D eigenvalue weighted by molar-refractivity contribution is 5.78. The van der Waals surface area contributed by atoms with Gasteiger partial charge in [0.05, 0.1) is 7.11 Å². The molecule has 1 aromatic carbocycles. The van der Waals surface area contributed by atoms with E-state index in [0.29, 0.717) is 12.0 Å². The standard InChI is InChI=1S/C10H10O2/c1-12-10(8-11)7-9-5-3-2-4-6-9/h2-8H,1H3/b10-7-. The number of hydrogen-bond acceptors (Lipinski definition) is 2. The number of allylic oxidation sites excluding steroid dienone is 1. The Bertz CT molecular complexity index is 275. The molecule has 0 aliphatic heterocycles. The molecule has 0 N–H and O–H groups in total. The van der Waals surface area contributed by atoms with E-state index in [1.165, 1.54) is 7.11 Å². The smallest absolute Gasteiger partial charge is 0.184 e. The summed E-state index contributed by atoms with van der Waals surface area (Å²) in [6.45, 7) is 0. The molecule has 0 spiro atoms. The van der Waals surface area contributed by atoms with E-state index in [1.54, 1.807) is 6.08 Å². The number of benzene rings is 1. The van der Waals surface area contributed by atoms with E-state index in [-0.39, 0.29) is 0 Å². The van der Waals surface area contributed by atoms with E-state index in [4.69, 9.17) is 4.74 Å². The fourth-order valence-electron chi connectivity index (χ4n) is 0.855. The molecule has 0 heterocycles. The van der Waals surface area contributed by atoms with Gasteiger partial charge in [0.1, 0.15) is 0 Å². The van der Waals surface area contributed by atoms with Gasteiger partial charge in [-0.3, -0.25) is 4.79 Å². The lowest BCUT2D eigenvalue weighted by molar-refractivity contribution is -0.107. The van der Waals surface area contributed by atoms with Crippen molar-refractivity contribution >= 4 is 12.4 Å². The summed E-state index contributed by atoms with van der Waals surface area (Å²) in [4.78, 5) is 10.3. The van der Waals surface area contributed by atoms with Gasteiger partial charge >= 0.3 is 0 Å². The third kappa shape index (κ3) is 2.23. The predicted molar refractivity (Wildman–Crippen MR) is 47.5 cm³/mol. The molecule has 0 radical (unpaired) electrons. The number of methoxy groups -OCH3 is 1. The maximum atomic E-state index is 10.3. The molecule has 62 valence electrons. The first-order valence-electron chi connectivity index (χ1n) is 3.62. The molecular weight excluding hydrogens is 152 g/mol. The van der Waals surface area contributed by atoms with Gasteiger partial charge in [0.25, 0.3) is 0 Å². The molecule has 0 bridgehead atoms. The molecule has 1 aromatic rings. The minimum Gasteiger partial charge on any atom is -0.493 e. The van der Waals surface area contributed by atoms with Crippen LogP contribution in [0.15, 0.2) is 36.1 Å². The first-order chi connectivity index (χ1) is 5.86. The van der Waals surface area contributed by atoms with Crippen LogP contribution < -0.4 is 0 Å². The largest absolute Gasteiger partial charge is 0.493 e. The summed E-state index contributed by atoms with van der Waals surface area (Å²) in [7, 11) is 1.48. The highest BCUT2D eigenvalue weighted by atomic mass is 16.5. The van der Waals surface area contributed by atoms with Gasteiger partial charge < -0.3 is 4.74 Å². The Morgan fingerprint density at radius 1 is 1.33 bits per heavy atom. The average molecular weight is 162 g/mol. The van der Waals surface area contributed by atoms with E-state index < -0.39 is 0 Å². The second-order valence-corrected chi connectivity index (χ2v) is 2.28. The number of carbonyl (C=O) groups excluding carboxylic acids is 1. The normalized spacial score (nSPS) is 10.9. The molecular formula is C10H10O2. The van der Waals surface area contributed by atoms with Crippen LogP contribution >= 0.6 is 0 Å². The van der Waals surface area contributed by atoms with Gasteiger partial charge in [-0.1, -0.05) is 30.3 Å². The summed E-state index contributed by atoms with van der Waals surface area (Å²) in [5.74, 6) is 0.334. The Hall–Kier alpha value is -1.57. The lowest BCUT2D eigenvalue weighted by Crippen LogP contribution is -1.86. The molecule has 0 saturated heterocycles. The zero-order valence-electron chi connectivity index (χ0n) is 6.86. The van der Waals surface area contributed by atoms with Crippen LogP contribution in [0.5, 0.6) is 0 Å². The van der Waals surface area contributed by atoms with Crippen LogP contribution in [0.25, 0.3) is 6.08 Å². The lowest BCUT2D eigenvalue weighted by atomic mass is 10.2. The quantitative estimate of drug-likeness (QED) is 0.385. The Morgan fingerprint density at radius 2 is 2.00 bits per heavy atom. The highest BCUT2D eigenvalue weighted by Gasteiger charge is 1.91. The minimum atomic E-state index is 0.334. The highest BCUT2D eigenvalue weighted by Crippen LogP contribution is 2.04. The zero-order chi connectivity index (χ0) is 8.81. The minimum absolute atomic E-state index is 0.334. The molecule has 2 nitrogen and oxygen atoms in total. The average Bonchev–Trinajstić information content (AvgIpc) is 2.16. The predicted octanol–water partition coefficient (Wildman–Crippen LogP) is 1.87. The fraction of sp³-hybridized carbons (Fsp3) is 0.100. The van der Waals surface area contributed by atoms with E-state index >= 15 is 0 Å². The van der Waals surface area contributed by atoms with Gasteiger partial charge in [-0.05, 0) is 11.6 Å². The van der Waals surface area contributed by atoms with Crippen molar-refractivity contribution in [3.05, 3.63) is 41.7 Å². The van der Waals surface area contributed by atoms with Crippen molar-refractivity contribution in [1.82, 2.24) is 0 Å². The van der Waals surface area contributed by atoms with Crippen LogP contribution in [-0.4, -0.2) is 13.4 Å². The van der Waals surface area contributed by atoms with Crippen molar-refractivity contribution < 1.29 is 9.53 Å². The summed E-state index contributed by atoms with van der Waals surface area (Å²) >= 11 is 0. The summed E-state index contributed by atoms with van der Waals surface area (Å²) in [5.41, 5.74) is 0.960. The van der Waals surface area contributed by atoms with Crippen LogP contribution in [0.3, 0.4) is 0 Å². The summed E-state index contributed by atoms with van der Waals surface area (Å²) in [6, 6.07) is 9.55. The van der Waals surface area contributed by atoms with Gasteiger partial charge in [-0.25, -0.2) is 0 Å². The Kier molecular flexibility index (Phi) is 3.08. The maximum absolute atomic E-state index is 10.3. The first-order valence-corrected chi connectivity index (χ1v) is 3.62. The van der Waals surface area contributed by atoms with Crippen molar-refractivity contribution in [2.45, 2.75) is 0 Å². The molecule has 1 rings (SSSR count). The van der Waals surface area contributed by atoms with E-state index in [9.17, 15) is 4.79 Å². The SMILES string of the molecule is CO/C(C=O)=C\c1ccccc1. The van der Waals surface area contributed by atoms with Crippen LogP contribution in [0.1, 0.15) is 5.56 Å². The summed E-state index contributed by atoms with van der Waals surface area (Å²) in [5, 5.41) is 0. The monoisotopic (exact) mass is 162 g/mol. The van der Waals surface area contributed by atoms with Crippen molar-refractivity contribution in [2.24, 2.45) is 0 Å². The molecule has 0 unspecified atom stereocenters. The summed E-state index contributed by atoms with van der Waals surface area (Å²) in [6.07, 6.45) is 2.38. The van der Waals surface area contributed by atoms with Gasteiger partial charge in [0, 0.05) is 0 Å². The third-order valence-electron chi connectivity index (χ3n) is 1.46. The van der Waals surface area contributed by atoms with E-state index in [0.717, 1.165) is 5.56 Å². The second-order valence-electron chi connectivity index (χ2n) is 2.28. The molecule has 0 fully saturated rings. The lowest BCUT2D eigenvalue weighted by Gasteiger charge is -1.96. The van der Waals surface area contributed by atoms with E-state index in [2.05, 4.69) is 0 Å². The molecule has 0 amide bonds. The molecule has 2 heteroatoms. The topological polar surface area (TPSA) is 26.3 Å². The molecule has 0 saturated carbocycles. The van der Waals surface area contributed by atoms with Gasteiger partial charge in [0.2, 0.25) is 0 Å². The zero-order valence-corrected chi connectivity index (χ0v) is 6.86. The van der Waals surface area contributed by atoms with Crippen molar-refractivity contribution in [2.75, 3.05) is 7.11 Å². The number of carbonyl (C=O) groups is 1. The van der Waals surface area contributed by atoms with Gasteiger partial charge in [0.15, 0.2) is 12.0 Å². The number of rotatable bonds is 3. The van der Waals surface area contributed by atoms with Crippen LogP contribution in [-0.2, 0) is 9.53 Å². The molecule has 0 aliphatic rings. The Balaban J connectivity index is 2.86. The third-order valence-corrected chi connectivity index (χ3v) is 1.46. The number of ether oxygens (including phenoxy) is 1. The maximum Gasteiger partial charge on any atom is 0.184 e. The van der Waals surface area contributed by atoms with Crippen LogP contribution in [0, 0.1) is 0 Å². The Labute approximate surface area is 71.5 Å². The van der Waals surface area contributed by atoms with Crippen LogP contribution in [0.2, 0.25) is 0 Å². The van der Waals surface area contributed by atoms with Crippen molar-refractivity contribution in [3.63, 3.8) is 0 Å². The first kappa shape index (κ1) is 8.53. The van der Waals surface area contributed by atoms with Crippen molar-refractivity contribution in [3.8, 4) is 0 Å². The Morgan fingerprint density at radius 3 is 2.50 bits per heavy atom. The second kappa shape index (κ2) is 4.34. The van der Waals surface area contributed by atoms with Crippen LogP contribution in [0.4, 0.5) is 0 Å². The van der Waals surface area contributed by atoms with E-state index in [1.807, 2.05) is 30.3 Å². The fourth-order valence-corrected chi connectivity index (χ4v) is 0.855. The summed E-state index contributed by atoms with van der Waals surface area (Å²) < 4.78 is 4.80. The molecule has 0 atom stereocenters. The number of hydrogen-bond donors (Lipinski definition) is 0. The molecule has 12 heavy (non-hydrogen) atoms. The molecule has 0 aliphatic carbocycles. The van der Waals surface area contributed by atoms with Gasteiger partial charge in [-0.2, -0.15) is 0 Å². The molecule has 0 aromatic heterocycles. The van der Waals surface area contributed by atoms with Gasteiger partial charge in [-0.15, -0.1) is 0 Å². The number of aldehydes is 1.